The van der Waals surface area contributed by atoms with E-state index in [-0.39, 0.29) is 16.3 Å². The summed E-state index contributed by atoms with van der Waals surface area (Å²) in [5.74, 6) is -0.160. The number of sulfonamides is 1. The molecule has 1 aromatic heterocycles. The number of nitrogens with zero attached hydrogens (tertiary/aromatic N) is 2. The summed E-state index contributed by atoms with van der Waals surface area (Å²) in [6.45, 7) is 3.57. The van der Waals surface area contributed by atoms with E-state index >= 15 is 0 Å². The lowest BCUT2D eigenvalue weighted by molar-refractivity contribution is -0.122. The number of carbonyl (C=O) groups is 1. The van der Waals surface area contributed by atoms with Crippen LogP contribution in [-0.4, -0.2) is 31.5 Å². The van der Waals surface area contributed by atoms with Crippen molar-refractivity contribution in [1.82, 2.24) is 4.57 Å². The minimum Gasteiger partial charge on any atom is -0.476 e. The summed E-state index contributed by atoms with van der Waals surface area (Å²) in [7, 11) is -2.25. The van der Waals surface area contributed by atoms with Crippen molar-refractivity contribution in [2.45, 2.75) is 24.8 Å². The van der Waals surface area contributed by atoms with E-state index in [0.717, 1.165) is 32.7 Å². The van der Waals surface area contributed by atoms with Crippen molar-refractivity contribution in [2.75, 3.05) is 16.2 Å². The van der Waals surface area contributed by atoms with Crippen LogP contribution in [0.15, 0.2) is 70.4 Å². The van der Waals surface area contributed by atoms with Gasteiger partial charge in [-0.1, -0.05) is 35.1 Å². The predicted molar refractivity (Wildman–Crippen MR) is 137 cm³/mol. The molecule has 3 aromatic carbocycles. The summed E-state index contributed by atoms with van der Waals surface area (Å²) in [6.07, 6.45) is -1.07. The number of nitrogens with one attached hydrogen (secondary N) is 1. The first kappa shape index (κ1) is 23.1. The highest BCUT2D eigenvalue weighted by molar-refractivity contribution is 7.92. The number of thiazole rings is 1. The fraction of sp³-hybridized carbons (Fsp3) is 0.200. The van der Waals surface area contributed by atoms with Gasteiger partial charge in [0, 0.05) is 12.7 Å². The first-order chi connectivity index (χ1) is 16.6. The van der Waals surface area contributed by atoms with Crippen LogP contribution in [0.4, 0.5) is 11.4 Å². The largest absolute Gasteiger partial charge is 0.476 e. The van der Waals surface area contributed by atoms with Crippen molar-refractivity contribution >= 4 is 48.9 Å². The van der Waals surface area contributed by atoms with Crippen LogP contribution in [0.2, 0.25) is 0 Å². The number of ether oxygens (including phenoxy) is 1. The highest BCUT2D eigenvalue weighted by atomic mass is 32.2. The summed E-state index contributed by atoms with van der Waals surface area (Å²) in [4.78, 5) is 25.2. The van der Waals surface area contributed by atoms with Crippen LogP contribution < -0.4 is 19.2 Å². The zero-order valence-corrected chi connectivity index (χ0v) is 20.9. The summed E-state index contributed by atoms with van der Waals surface area (Å²) < 4.78 is 36.6. The molecule has 5 rings (SSSR count). The number of hydrogen-bond donors (Lipinski definition) is 1. The average molecular weight is 510 g/mol. The molecule has 1 aliphatic heterocycles. The van der Waals surface area contributed by atoms with E-state index in [1.165, 1.54) is 4.31 Å². The van der Waals surface area contributed by atoms with Gasteiger partial charge in [0.05, 0.1) is 27.3 Å². The van der Waals surface area contributed by atoms with E-state index in [1.54, 1.807) is 72.3 Å². The zero-order valence-electron chi connectivity index (χ0n) is 19.3. The van der Waals surface area contributed by atoms with Gasteiger partial charge in [-0.15, -0.1) is 0 Å². The van der Waals surface area contributed by atoms with Gasteiger partial charge in [-0.25, -0.2) is 8.42 Å². The lowest BCUT2D eigenvalue weighted by Gasteiger charge is -2.35. The minimum absolute atomic E-state index is 0.0944. The lowest BCUT2D eigenvalue weighted by Crippen LogP contribution is -2.48. The molecule has 0 saturated carbocycles. The molecule has 2 heterocycles. The van der Waals surface area contributed by atoms with Crippen LogP contribution in [0.5, 0.6) is 5.75 Å². The summed E-state index contributed by atoms with van der Waals surface area (Å²) in [5, 5.41) is 2.81. The first-order valence-corrected chi connectivity index (χ1v) is 13.2. The molecule has 1 N–H and O–H groups in total. The molecule has 1 amide bonds. The van der Waals surface area contributed by atoms with Crippen molar-refractivity contribution in [3.05, 3.63) is 81.5 Å². The van der Waals surface area contributed by atoms with Crippen LogP contribution in [0, 0.1) is 13.8 Å². The normalized spacial score (nSPS) is 15.5. The fourth-order valence-corrected chi connectivity index (χ4v) is 6.39. The zero-order chi connectivity index (χ0) is 24.9. The molecule has 1 aliphatic rings. The first-order valence-electron chi connectivity index (χ1n) is 10.9. The molecule has 0 bridgehead atoms. The van der Waals surface area contributed by atoms with Gasteiger partial charge in [-0.2, -0.15) is 0 Å². The van der Waals surface area contributed by atoms with Crippen molar-refractivity contribution in [3.8, 4) is 5.75 Å². The van der Waals surface area contributed by atoms with Gasteiger partial charge in [-0.05, 0) is 61.9 Å². The van der Waals surface area contributed by atoms with Crippen LogP contribution in [0.25, 0.3) is 10.2 Å². The quantitative estimate of drug-likeness (QED) is 0.451. The second-order valence-electron chi connectivity index (χ2n) is 8.53. The van der Waals surface area contributed by atoms with Gasteiger partial charge in [-0.3, -0.25) is 13.9 Å². The Morgan fingerprint density at radius 2 is 1.74 bits per heavy atom. The number of aryl methyl sites for hydroxylation is 3. The Hall–Kier alpha value is -3.63. The van der Waals surface area contributed by atoms with Gasteiger partial charge in [0.1, 0.15) is 5.75 Å². The van der Waals surface area contributed by atoms with Crippen molar-refractivity contribution < 1.29 is 17.9 Å². The number of carbonyl (C=O) groups excluding carboxylic acids is 1. The second kappa shape index (κ2) is 8.54. The molecule has 4 aromatic rings. The van der Waals surface area contributed by atoms with E-state index in [2.05, 4.69) is 5.32 Å². The fourth-order valence-electron chi connectivity index (χ4n) is 4.00. The molecule has 0 aliphatic carbocycles. The Balaban J connectivity index is 1.48. The van der Waals surface area contributed by atoms with Crippen LogP contribution >= 0.6 is 11.3 Å². The van der Waals surface area contributed by atoms with Gasteiger partial charge in [0.15, 0.2) is 6.10 Å². The van der Waals surface area contributed by atoms with Gasteiger partial charge < -0.3 is 14.6 Å². The predicted octanol–water partition coefficient (Wildman–Crippen LogP) is 3.81. The van der Waals surface area contributed by atoms with E-state index in [0.29, 0.717) is 17.1 Å². The number of hydrogen-bond acceptors (Lipinski definition) is 6. The van der Waals surface area contributed by atoms with Gasteiger partial charge in [0.25, 0.3) is 15.9 Å². The summed E-state index contributed by atoms with van der Waals surface area (Å²) in [5.41, 5.74) is 3.47. The molecule has 0 spiro atoms. The van der Waals surface area contributed by atoms with Crippen LogP contribution in [-0.2, 0) is 21.9 Å². The lowest BCUT2D eigenvalue weighted by atomic mass is 10.1. The molecule has 10 heteroatoms. The third-order valence-electron chi connectivity index (χ3n) is 5.95. The van der Waals surface area contributed by atoms with Crippen LogP contribution in [0.3, 0.4) is 0 Å². The Kier molecular flexibility index (Phi) is 5.65. The molecule has 1 atom stereocenters. The molecule has 8 nitrogen and oxygen atoms in total. The molecular formula is C25H23N3O5S2. The second-order valence-corrected chi connectivity index (χ2v) is 11.4. The van der Waals surface area contributed by atoms with E-state index in [4.69, 9.17) is 4.74 Å². The third kappa shape index (κ3) is 4.19. The molecule has 180 valence electrons. The highest BCUT2D eigenvalue weighted by Gasteiger charge is 2.37. The Morgan fingerprint density at radius 3 is 2.49 bits per heavy atom. The number of fused-ring (bicyclic) bond motifs is 2. The number of aromatic nitrogens is 1. The maximum absolute atomic E-state index is 13.6. The standard InChI is InChI=1S/C25H23N3O5S2/c1-15-4-8-18(9-5-15)35(31,32)28-14-22(33-21-12-16(2)6-10-19(21)28)24(29)26-17-7-11-20-23(13-17)34-25(30)27(20)3/h4-13,22H,14H2,1-3H3,(H,26,29). The smallest absolute Gasteiger partial charge is 0.307 e. The van der Waals surface area contributed by atoms with Gasteiger partial charge >= 0.3 is 4.87 Å². The Bertz CT molecular complexity index is 1620. The number of anilines is 2. The molecule has 0 fully saturated rings. The Morgan fingerprint density at radius 1 is 1.03 bits per heavy atom. The SMILES string of the molecule is Cc1ccc(S(=O)(=O)N2CC(C(=O)Nc3ccc4c(c3)sc(=O)n4C)Oc3cc(C)ccc32)cc1. The molecule has 0 saturated heterocycles. The summed E-state index contributed by atoms with van der Waals surface area (Å²) >= 11 is 1.09. The minimum atomic E-state index is -3.94. The molecular weight excluding hydrogens is 486 g/mol. The monoisotopic (exact) mass is 509 g/mol. The number of benzene rings is 3. The topological polar surface area (TPSA) is 97.7 Å². The van der Waals surface area contributed by atoms with E-state index in [9.17, 15) is 18.0 Å². The maximum atomic E-state index is 13.6. The molecule has 1 unspecified atom stereocenters. The number of rotatable bonds is 4. The Labute approximate surface area is 206 Å². The van der Waals surface area contributed by atoms with Crippen molar-refractivity contribution in [3.63, 3.8) is 0 Å². The molecule has 0 radical (unpaired) electrons. The van der Waals surface area contributed by atoms with E-state index in [1.807, 2.05) is 13.8 Å². The maximum Gasteiger partial charge on any atom is 0.307 e. The highest BCUT2D eigenvalue weighted by Crippen LogP contribution is 2.38. The molecule has 35 heavy (non-hydrogen) atoms. The average Bonchev–Trinajstić information content (AvgIpc) is 3.11. The van der Waals surface area contributed by atoms with Gasteiger partial charge in [0.2, 0.25) is 0 Å². The number of amides is 1. The van der Waals surface area contributed by atoms with E-state index < -0.39 is 22.0 Å². The van der Waals surface area contributed by atoms with Crippen LogP contribution in [0.1, 0.15) is 11.1 Å². The van der Waals surface area contributed by atoms with Crippen molar-refractivity contribution in [2.24, 2.45) is 7.05 Å². The third-order valence-corrected chi connectivity index (χ3v) is 8.74. The van der Waals surface area contributed by atoms with Crippen molar-refractivity contribution in [1.29, 1.82) is 0 Å². The summed E-state index contributed by atoms with van der Waals surface area (Å²) in [6, 6.07) is 17.0.